The average Bonchev–Trinajstić information content (AvgIpc) is 2.54. The Hall–Kier alpha value is -2.46. The van der Waals surface area contributed by atoms with Gasteiger partial charge in [-0.15, -0.1) is 0 Å². The van der Waals surface area contributed by atoms with Crippen molar-refractivity contribution in [2.45, 2.75) is 12.5 Å². The molecule has 0 radical (unpaired) electrons. The maximum Gasteiger partial charge on any atom is 0.119 e. The van der Waals surface area contributed by atoms with Gasteiger partial charge in [0.2, 0.25) is 0 Å². The smallest absolute Gasteiger partial charge is 0.119 e. The van der Waals surface area contributed by atoms with E-state index >= 15 is 0 Å². The molecule has 0 spiro atoms. The van der Waals surface area contributed by atoms with Gasteiger partial charge in [-0.25, -0.2) is 4.98 Å². The van der Waals surface area contributed by atoms with Crippen LogP contribution in [0, 0.1) is 0 Å². The maximum absolute atomic E-state index is 10.4. The predicted octanol–water partition coefficient (Wildman–Crippen LogP) is 2.91. The molecule has 1 heterocycles. The lowest BCUT2D eigenvalue weighted by atomic mass is 10.1. The summed E-state index contributed by atoms with van der Waals surface area (Å²) < 4.78 is 5.19. The average molecular weight is 280 g/mol. The number of hydrogen-bond acceptors (Lipinski definition) is 4. The van der Waals surface area contributed by atoms with E-state index in [1.807, 2.05) is 48.5 Å². The molecule has 21 heavy (non-hydrogen) atoms. The molecule has 4 heteroatoms. The Labute approximate surface area is 123 Å². The number of rotatable bonds is 4. The number of aromatic nitrogens is 2. The molecule has 4 nitrogen and oxygen atoms in total. The summed E-state index contributed by atoms with van der Waals surface area (Å²) in [5.74, 6) is 0.782. The molecule has 0 saturated heterocycles. The first-order valence-electron chi connectivity index (χ1n) is 6.79. The number of aliphatic hydroxyl groups is 1. The molecule has 0 aliphatic rings. The van der Waals surface area contributed by atoms with Crippen LogP contribution >= 0.6 is 0 Å². The molecule has 106 valence electrons. The minimum absolute atomic E-state index is 0.476. The molecule has 0 bridgehead atoms. The molecular weight excluding hydrogens is 264 g/mol. The second kappa shape index (κ2) is 5.89. The minimum Gasteiger partial charge on any atom is -0.497 e. The highest BCUT2D eigenvalue weighted by Gasteiger charge is 2.12. The van der Waals surface area contributed by atoms with Crippen molar-refractivity contribution in [3.8, 4) is 5.75 Å². The summed E-state index contributed by atoms with van der Waals surface area (Å²) in [6.07, 6.45) is 1.42. The van der Waals surface area contributed by atoms with Crippen LogP contribution in [0.2, 0.25) is 0 Å². The van der Waals surface area contributed by atoms with E-state index in [1.165, 1.54) is 0 Å². The van der Waals surface area contributed by atoms with Gasteiger partial charge in [0.1, 0.15) is 11.9 Å². The third kappa shape index (κ3) is 3.01. The number of para-hydroxylation sites is 2. The second-order valence-electron chi connectivity index (χ2n) is 4.86. The third-order valence-corrected chi connectivity index (χ3v) is 3.37. The monoisotopic (exact) mass is 280 g/mol. The molecule has 0 saturated carbocycles. The number of methoxy groups -OCH3 is 1. The summed E-state index contributed by atoms with van der Waals surface area (Å²) in [7, 11) is 1.63. The van der Waals surface area contributed by atoms with Crippen molar-refractivity contribution in [1.29, 1.82) is 0 Å². The third-order valence-electron chi connectivity index (χ3n) is 3.37. The van der Waals surface area contributed by atoms with Crippen molar-refractivity contribution >= 4 is 11.0 Å². The van der Waals surface area contributed by atoms with Crippen LogP contribution in [0.1, 0.15) is 17.4 Å². The summed E-state index contributed by atoms with van der Waals surface area (Å²) in [4.78, 5) is 8.80. The first kappa shape index (κ1) is 13.5. The summed E-state index contributed by atoms with van der Waals surface area (Å²) in [6.45, 7) is 0. The highest BCUT2D eigenvalue weighted by atomic mass is 16.5. The quantitative estimate of drug-likeness (QED) is 0.798. The molecule has 2 aromatic carbocycles. The van der Waals surface area contributed by atoms with Gasteiger partial charge in [0, 0.05) is 6.42 Å². The van der Waals surface area contributed by atoms with Gasteiger partial charge in [0.25, 0.3) is 0 Å². The van der Waals surface area contributed by atoms with E-state index < -0.39 is 6.10 Å². The molecule has 0 aliphatic carbocycles. The van der Waals surface area contributed by atoms with Crippen LogP contribution in [0.3, 0.4) is 0 Å². The van der Waals surface area contributed by atoms with Crippen LogP contribution in [-0.4, -0.2) is 22.2 Å². The zero-order chi connectivity index (χ0) is 14.7. The summed E-state index contributed by atoms with van der Waals surface area (Å²) in [5, 5.41) is 10.4. The van der Waals surface area contributed by atoms with E-state index in [2.05, 4.69) is 9.97 Å². The first-order valence-corrected chi connectivity index (χ1v) is 6.79. The lowest BCUT2D eigenvalue weighted by molar-refractivity contribution is 0.173. The van der Waals surface area contributed by atoms with Gasteiger partial charge in [0.05, 0.1) is 30.0 Å². The van der Waals surface area contributed by atoms with Crippen molar-refractivity contribution in [1.82, 2.24) is 9.97 Å². The van der Waals surface area contributed by atoms with Gasteiger partial charge in [-0.2, -0.15) is 0 Å². The molecule has 1 unspecified atom stereocenters. The van der Waals surface area contributed by atoms with Gasteiger partial charge in [-0.3, -0.25) is 4.98 Å². The Bertz CT molecular complexity index is 758. The summed E-state index contributed by atoms with van der Waals surface area (Å²) >= 11 is 0. The van der Waals surface area contributed by atoms with Crippen LogP contribution in [0.5, 0.6) is 5.75 Å². The largest absolute Gasteiger partial charge is 0.497 e. The topological polar surface area (TPSA) is 55.2 Å². The highest BCUT2D eigenvalue weighted by molar-refractivity contribution is 5.73. The van der Waals surface area contributed by atoms with Crippen molar-refractivity contribution in [3.63, 3.8) is 0 Å². The first-order chi connectivity index (χ1) is 10.3. The summed E-state index contributed by atoms with van der Waals surface area (Å²) in [6, 6.07) is 15.3. The van der Waals surface area contributed by atoms with Crippen LogP contribution in [0.4, 0.5) is 0 Å². The maximum atomic E-state index is 10.4. The van der Waals surface area contributed by atoms with Crippen molar-refractivity contribution in [2.24, 2.45) is 0 Å². The van der Waals surface area contributed by atoms with Crippen LogP contribution in [-0.2, 0) is 6.42 Å². The molecule has 0 fully saturated rings. The number of benzene rings is 2. The fourth-order valence-electron chi connectivity index (χ4n) is 2.26. The Kier molecular flexibility index (Phi) is 3.79. The highest BCUT2D eigenvalue weighted by Crippen LogP contribution is 2.21. The SMILES string of the molecule is COc1cccc(CC(O)c2cnc3ccccc3n2)c1. The molecule has 3 rings (SSSR count). The van der Waals surface area contributed by atoms with E-state index in [0.717, 1.165) is 22.3 Å². The van der Waals surface area contributed by atoms with Crippen LogP contribution in [0.25, 0.3) is 11.0 Å². The molecule has 1 N–H and O–H groups in total. The molecule has 3 aromatic rings. The van der Waals surface area contributed by atoms with Gasteiger partial charge >= 0.3 is 0 Å². The van der Waals surface area contributed by atoms with E-state index in [1.54, 1.807) is 13.3 Å². The van der Waals surface area contributed by atoms with Gasteiger partial charge in [0.15, 0.2) is 0 Å². The Morgan fingerprint density at radius 3 is 2.71 bits per heavy atom. The zero-order valence-corrected chi connectivity index (χ0v) is 11.7. The van der Waals surface area contributed by atoms with Crippen LogP contribution in [0.15, 0.2) is 54.7 Å². The predicted molar refractivity (Wildman–Crippen MR) is 81.2 cm³/mol. The number of hydrogen-bond donors (Lipinski definition) is 1. The van der Waals surface area contributed by atoms with Crippen molar-refractivity contribution < 1.29 is 9.84 Å². The number of aliphatic hydroxyl groups excluding tert-OH is 1. The van der Waals surface area contributed by atoms with Gasteiger partial charge in [-0.1, -0.05) is 24.3 Å². The van der Waals surface area contributed by atoms with Crippen LogP contribution < -0.4 is 4.74 Å². The Balaban J connectivity index is 1.84. The van der Waals surface area contributed by atoms with E-state index in [0.29, 0.717) is 12.1 Å². The molecule has 1 aromatic heterocycles. The van der Waals surface area contributed by atoms with E-state index in [9.17, 15) is 5.11 Å². The van der Waals surface area contributed by atoms with E-state index in [4.69, 9.17) is 4.74 Å². The fourth-order valence-corrected chi connectivity index (χ4v) is 2.26. The second-order valence-corrected chi connectivity index (χ2v) is 4.86. The van der Waals surface area contributed by atoms with Gasteiger partial charge < -0.3 is 9.84 Å². The molecule has 1 atom stereocenters. The van der Waals surface area contributed by atoms with E-state index in [-0.39, 0.29) is 0 Å². The lowest BCUT2D eigenvalue weighted by Gasteiger charge is -2.11. The molecule has 0 aliphatic heterocycles. The number of fused-ring (bicyclic) bond motifs is 1. The number of nitrogens with zero attached hydrogens (tertiary/aromatic N) is 2. The molecular formula is C17H16N2O2. The van der Waals surface area contributed by atoms with Crippen molar-refractivity contribution in [3.05, 3.63) is 66.0 Å². The normalized spacial score (nSPS) is 12.3. The van der Waals surface area contributed by atoms with Crippen molar-refractivity contribution in [2.75, 3.05) is 7.11 Å². The molecule has 0 amide bonds. The lowest BCUT2D eigenvalue weighted by Crippen LogP contribution is -2.05. The Morgan fingerprint density at radius 2 is 1.90 bits per heavy atom. The minimum atomic E-state index is -0.686. The zero-order valence-electron chi connectivity index (χ0n) is 11.7. The Morgan fingerprint density at radius 1 is 1.10 bits per heavy atom. The summed E-state index contributed by atoms with van der Waals surface area (Å²) in [5.41, 5.74) is 3.20. The number of ether oxygens (including phenoxy) is 1. The standard InChI is InChI=1S/C17H16N2O2/c1-21-13-6-4-5-12(9-13)10-17(20)16-11-18-14-7-2-3-8-15(14)19-16/h2-9,11,17,20H,10H2,1H3. The van der Waals surface area contributed by atoms with Gasteiger partial charge in [-0.05, 0) is 29.8 Å². The fraction of sp³-hybridized carbons (Fsp3) is 0.176.